The smallest absolute Gasteiger partial charge is 0.314 e. The molecule has 0 amide bonds. The van der Waals surface area contributed by atoms with Crippen LogP contribution in [0.4, 0.5) is 5.69 Å². The molecule has 1 aliphatic heterocycles. The number of nitrogens with two attached hydrogens (primary N) is 1. The number of phenolic OH excluding ortho intramolecular Hbond substituents is 1. The highest BCUT2D eigenvalue weighted by atomic mass is 16.6. The van der Waals surface area contributed by atoms with Gasteiger partial charge >= 0.3 is 5.69 Å². The Hall–Kier alpha value is -4.52. The van der Waals surface area contributed by atoms with Gasteiger partial charge in [0.25, 0.3) is 0 Å². The Morgan fingerprint density at radius 3 is 2.73 bits per heavy atom. The van der Waals surface area contributed by atoms with E-state index in [1.165, 1.54) is 19.2 Å². The van der Waals surface area contributed by atoms with Gasteiger partial charge in [-0.3, -0.25) is 15.2 Å². The molecule has 1 atom stereocenters. The number of ether oxygens (including phenoxy) is 2. The van der Waals surface area contributed by atoms with Gasteiger partial charge in [-0.05, 0) is 17.2 Å². The lowest BCUT2D eigenvalue weighted by Crippen LogP contribution is -2.21. The van der Waals surface area contributed by atoms with E-state index in [-0.39, 0.29) is 23.1 Å². The summed E-state index contributed by atoms with van der Waals surface area (Å²) in [6.07, 6.45) is 0. The number of nitrogens with one attached hydrogen (secondary N) is 1. The van der Waals surface area contributed by atoms with Crippen molar-refractivity contribution in [1.29, 1.82) is 5.26 Å². The summed E-state index contributed by atoms with van der Waals surface area (Å²) in [7, 11) is 1.28. The highest BCUT2D eigenvalue weighted by Gasteiger charge is 2.37. The Morgan fingerprint density at radius 2 is 2.10 bits per heavy atom. The molecule has 4 N–H and O–H groups in total. The summed E-state index contributed by atoms with van der Waals surface area (Å²) >= 11 is 0. The van der Waals surface area contributed by atoms with Gasteiger partial charge < -0.3 is 20.3 Å². The Labute approximate surface area is 169 Å². The minimum atomic E-state index is -0.832. The predicted octanol–water partition coefficient (Wildman–Crippen LogP) is 2.92. The van der Waals surface area contributed by atoms with Crippen LogP contribution in [0.25, 0.3) is 11.3 Å². The molecule has 0 saturated heterocycles. The van der Waals surface area contributed by atoms with Crippen molar-refractivity contribution in [3.05, 3.63) is 75.2 Å². The van der Waals surface area contributed by atoms with E-state index < -0.39 is 22.3 Å². The Balaban J connectivity index is 2.01. The third kappa shape index (κ3) is 2.85. The summed E-state index contributed by atoms with van der Waals surface area (Å²) in [6.45, 7) is 0. The largest absolute Gasteiger partial charge is 0.500 e. The monoisotopic (exact) mass is 405 g/mol. The molecule has 1 aromatic heterocycles. The molecule has 0 fully saturated rings. The highest BCUT2D eigenvalue weighted by Crippen LogP contribution is 2.48. The Kier molecular flexibility index (Phi) is 4.48. The fraction of sp³-hybridized carbons (Fsp3) is 0.100. The molecule has 0 spiro atoms. The number of aromatic hydroxyl groups is 1. The number of nitro benzene ring substituents is 1. The highest BCUT2D eigenvalue weighted by molar-refractivity contribution is 5.72. The van der Waals surface area contributed by atoms with Crippen LogP contribution in [0.5, 0.6) is 17.4 Å². The first-order valence-electron chi connectivity index (χ1n) is 8.72. The molecule has 30 heavy (non-hydrogen) atoms. The zero-order valence-electron chi connectivity index (χ0n) is 15.6. The molecule has 10 nitrogen and oxygen atoms in total. The van der Waals surface area contributed by atoms with E-state index in [4.69, 9.17) is 15.2 Å². The minimum absolute atomic E-state index is 0.0584. The van der Waals surface area contributed by atoms with Crippen LogP contribution in [0.1, 0.15) is 17.0 Å². The topological polar surface area (TPSA) is 160 Å². The van der Waals surface area contributed by atoms with E-state index >= 15 is 0 Å². The lowest BCUT2D eigenvalue weighted by atomic mass is 9.82. The van der Waals surface area contributed by atoms with E-state index in [1.54, 1.807) is 0 Å². The van der Waals surface area contributed by atoms with Crippen LogP contribution in [0.3, 0.4) is 0 Å². The Morgan fingerprint density at radius 1 is 1.37 bits per heavy atom. The number of nitrogens with zero attached hydrogens (tertiary/aromatic N) is 3. The number of aromatic amines is 1. The van der Waals surface area contributed by atoms with Crippen molar-refractivity contribution in [2.75, 3.05) is 7.11 Å². The second kappa shape index (κ2) is 7.14. The molecule has 0 radical (unpaired) electrons. The molecule has 0 aliphatic carbocycles. The number of methoxy groups -OCH3 is 1. The van der Waals surface area contributed by atoms with Crippen molar-refractivity contribution in [2.45, 2.75) is 5.92 Å². The zero-order chi connectivity index (χ0) is 21.4. The average molecular weight is 405 g/mol. The van der Waals surface area contributed by atoms with Gasteiger partial charge in [0, 0.05) is 6.07 Å². The minimum Gasteiger partial charge on any atom is -0.500 e. The number of phenols is 1. The summed E-state index contributed by atoms with van der Waals surface area (Å²) in [5.41, 5.74) is 7.61. The molecule has 4 rings (SSSR count). The van der Waals surface area contributed by atoms with Crippen molar-refractivity contribution in [3.63, 3.8) is 0 Å². The second-order valence-electron chi connectivity index (χ2n) is 6.46. The number of aromatic nitrogens is 2. The molecule has 1 aliphatic rings. The summed E-state index contributed by atoms with van der Waals surface area (Å²) < 4.78 is 10.6. The van der Waals surface area contributed by atoms with Crippen LogP contribution in [-0.4, -0.2) is 27.3 Å². The quantitative estimate of drug-likeness (QED) is 0.441. The summed E-state index contributed by atoms with van der Waals surface area (Å²) in [5, 5.41) is 38.4. The Bertz CT molecular complexity index is 1230. The molecule has 10 heteroatoms. The van der Waals surface area contributed by atoms with Crippen molar-refractivity contribution in [2.24, 2.45) is 5.73 Å². The molecule has 0 bridgehead atoms. The average Bonchev–Trinajstić information content (AvgIpc) is 3.16. The summed E-state index contributed by atoms with van der Waals surface area (Å²) in [6, 6.07) is 13.9. The van der Waals surface area contributed by atoms with Crippen LogP contribution in [-0.2, 0) is 0 Å². The summed E-state index contributed by atoms with van der Waals surface area (Å²) in [4.78, 5) is 10.7. The van der Waals surface area contributed by atoms with E-state index in [0.717, 1.165) is 5.56 Å². The van der Waals surface area contributed by atoms with E-state index in [0.29, 0.717) is 16.8 Å². The third-order valence-corrected chi connectivity index (χ3v) is 4.83. The van der Waals surface area contributed by atoms with Crippen LogP contribution in [0.2, 0.25) is 0 Å². The van der Waals surface area contributed by atoms with E-state index in [1.807, 2.05) is 36.4 Å². The second-order valence-corrected chi connectivity index (χ2v) is 6.46. The van der Waals surface area contributed by atoms with Crippen molar-refractivity contribution in [3.8, 4) is 34.7 Å². The fourth-order valence-electron chi connectivity index (χ4n) is 3.48. The van der Waals surface area contributed by atoms with Gasteiger partial charge in [0.1, 0.15) is 11.6 Å². The van der Waals surface area contributed by atoms with Crippen molar-refractivity contribution < 1.29 is 19.5 Å². The molecule has 1 unspecified atom stereocenters. The first kappa shape index (κ1) is 18.8. The number of allylic oxidation sites excluding steroid dienone is 1. The van der Waals surface area contributed by atoms with Gasteiger partial charge in [-0.1, -0.05) is 30.3 Å². The number of hydrogen-bond donors (Lipinski definition) is 3. The van der Waals surface area contributed by atoms with Gasteiger partial charge in [0.2, 0.25) is 17.5 Å². The van der Waals surface area contributed by atoms with Gasteiger partial charge in [-0.25, -0.2) is 0 Å². The number of H-pyrrole nitrogens is 1. The first-order valence-corrected chi connectivity index (χ1v) is 8.72. The van der Waals surface area contributed by atoms with Gasteiger partial charge in [0.15, 0.2) is 5.75 Å². The van der Waals surface area contributed by atoms with Gasteiger partial charge in [-0.15, -0.1) is 5.10 Å². The molecule has 3 aromatic rings. The van der Waals surface area contributed by atoms with Gasteiger partial charge in [0.05, 0.1) is 29.2 Å². The third-order valence-electron chi connectivity index (χ3n) is 4.83. The van der Waals surface area contributed by atoms with Crippen LogP contribution < -0.4 is 15.2 Å². The molecular formula is C20H15N5O5. The molecule has 2 aromatic carbocycles. The van der Waals surface area contributed by atoms with E-state index in [9.17, 15) is 20.5 Å². The lowest BCUT2D eigenvalue weighted by Gasteiger charge is -2.24. The van der Waals surface area contributed by atoms with Crippen LogP contribution in [0.15, 0.2) is 53.9 Å². The maximum Gasteiger partial charge on any atom is 0.314 e. The molecular weight excluding hydrogens is 390 g/mol. The molecule has 0 saturated carbocycles. The number of hydrogen-bond acceptors (Lipinski definition) is 8. The summed E-state index contributed by atoms with van der Waals surface area (Å²) in [5.74, 6) is -1.54. The number of benzene rings is 2. The lowest BCUT2D eigenvalue weighted by molar-refractivity contribution is -0.386. The van der Waals surface area contributed by atoms with Crippen LogP contribution in [0, 0.1) is 21.4 Å². The first-order chi connectivity index (χ1) is 14.5. The number of nitriles is 1. The normalized spacial score (nSPS) is 15.1. The number of rotatable bonds is 4. The molecule has 2 heterocycles. The standard InChI is InChI=1S/C20H15N5O5/c1-29-14-8-11(7-13(18(14)26)25(27)28)15-12(9-21)19(22)30-20-16(15)17(23-24-20)10-5-3-2-4-6-10/h2-8,15,26H,22H2,1H3,(H,23,24). The van der Waals surface area contributed by atoms with E-state index in [2.05, 4.69) is 10.2 Å². The number of fused-ring (bicyclic) bond motifs is 1. The molecule has 150 valence electrons. The SMILES string of the molecule is COc1cc(C2C(C#N)=C(N)Oc3n[nH]c(-c4ccccc4)c32)cc([N+](=O)[O-])c1O. The van der Waals surface area contributed by atoms with Crippen molar-refractivity contribution >= 4 is 5.69 Å². The predicted molar refractivity (Wildman–Crippen MR) is 105 cm³/mol. The maximum absolute atomic E-state index is 11.5. The van der Waals surface area contributed by atoms with Crippen LogP contribution >= 0.6 is 0 Å². The number of nitro groups is 1. The maximum atomic E-state index is 11.5. The zero-order valence-corrected chi connectivity index (χ0v) is 15.6. The van der Waals surface area contributed by atoms with Gasteiger partial charge in [-0.2, -0.15) is 5.26 Å². The fourth-order valence-corrected chi connectivity index (χ4v) is 3.48. The van der Waals surface area contributed by atoms with Crippen molar-refractivity contribution in [1.82, 2.24) is 10.2 Å².